The van der Waals surface area contributed by atoms with Crippen LogP contribution in [-0.2, 0) is 0 Å². The molecule has 0 saturated carbocycles. The summed E-state index contributed by atoms with van der Waals surface area (Å²) in [7, 11) is 0. The number of nitrogens with zero attached hydrogens (tertiary/aromatic N) is 1. The van der Waals surface area contributed by atoms with E-state index in [1.807, 2.05) is 0 Å². The number of benzene rings is 1. The Morgan fingerprint density at radius 2 is 1.81 bits per heavy atom. The predicted octanol–water partition coefficient (Wildman–Crippen LogP) is 2.24. The molecule has 1 N–H and O–H groups in total. The summed E-state index contributed by atoms with van der Waals surface area (Å²) in [5.41, 5.74) is 0.637. The zero-order chi connectivity index (χ0) is 11.7. The molecule has 1 amide bonds. The highest BCUT2D eigenvalue weighted by Crippen LogP contribution is 2.21. The van der Waals surface area contributed by atoms with Gasteiger partial charge in [0.1, 0.15) is 0 Å². The number of ketones is 1. The second-order valence-electron chi connectivity index (χ2n) is 3.76. The normalized spacial score (nSPS) is 15.7. The maximum Gasteiger partial charge on any atom is 0.407 e. The minimum Gasteiger partial charge on any atom is -0.465 e. The number of halogens is 1. The van der Waals surface area contributed by atoms with Gasteiger partial charge in [-0.25, -0.2) is 4.79 Å². The second-order valence-corrected chi connectivity index (χ2v) is 4.67. The molecule has 1 aliphatic rings. The summed E-state index contributed by atoms with van der Waals surface area (Å²) in [5, 5.41) is 8.65. The fourth-order valence-electron chi connectivity index (χ4n) is 1.65. The lowest BCUT2D eigenvalue weighted by molar-refractivity contribution is 0.0610. The van der Waals surface area contributed by atoms with Gasteiger partial charge in [0.2, 0.25) is 0 Å². The first-order valence-corrected chi connectivity index (χ1v) is 5.65. The molecule has 0 bridgehead atoms. The van der Waals surface area contributed by atoms with Crippen LogP contribution in [0.1, 0.15) is 10.4 Å². The van der Waals surface area contributed by atoms with Crippen molar-refractivity contribution in [3.63, 3.8) is 0 Å². The van der Waals surface area contributed by atoms with Gasteiger partial charge in [-0.3, -0.25) is 4.79 Å². The quantitative estimate of drug-likeness (QED) is 0.847. The van der Waals surface area contributed by atoms with E-state index >= 15 is 0 Å². The number of carbonyl (C=O) groups excluding carboxylic acids is 1. The molecule has 0 radical (unpaired) electrons. The van der Waals surface area contributed by atoms with Gasteiger partial charge in [-0.1, -0.05) is 28.1 Å². The third-order valence-corrected chi connectivity index (χ3v) is 3.18. The number of hydrogen-bond acceptors (Lipinski definition) is 2. The van der Waals surface area contributed by atoms with Crippen LogP contribution in [-0.4, -0.2) is 35.0 Å². The molecule has 0 unspecified atom stereocenters. The summed E-state index contributed by atoms with van der Waals surface area (Å²) in [4.78, 5) is 23.6. The van der Waals surface area contributed by atoms with Gasteiger partial charge in [-0.15, -0.1) is 0 Å². The summed E-state index contributed by atoms with van der Waals surface area (Å²) >= 11 is 3.29. The van der Waals surface area contributed by atoms with Crippen LogP contribution in [0.3, 0.4) is 0 Å². The van der Waals surface area contributed by atoms with Crippen molar-refractivity contribution in [1.29, 1.82) is 0 Å². The Morgan fingerprint density at radius 3 is 2.31 bits per heavy atom. The summed E-state index contributed by atoms with van der Waals surface area (Å²) in [5.74, 6) is -0.165. The zero-order valence-electron chi connectivity index (χ0n) is 8.39. The van der Waals surface area contributed by atoms with Gasteiger partial charge in [0, 0.05) is 23.1 Å². The van der Waals surface area contributed by atoms with Crippen molar-refractivity contribution in [1.82, 2.24) is 4.90 Å². The standard InChI is InChI=1S/C11H10BrNO3/c12-9-3-1-7(2-4-9)10(14)8-5-13(6-8)11(15)16/h1-4,8H,5-6H2,(H,15,16). The molecule has 1 aliphatic heterocycles. The second kappa shape index (κ2) is 4.25. The van der Waals surface area contributed by atoms with E-state index in [9.17, 15) is 9.59 Å². The van der Waals surface area contributed by atoms with Crippen LogP contribution >= 0.6 is 15.9 Å². The average Bonchev–Trinajstić information content (AvgIpc) is 2.15. The highest BCUT2D eigenvalue weighted by atomic mass is 79.9. The maximum absolute atomic E-state index is 11.9. The number of amides is 1. The Balaban J connectivity index is 2.00. The van der Waals surface area contributed by atoms with E-state index in [1.165, 1.54) is 4.90 Å². The minimum atomic E-state index is -0.958. The molecule has 1 fully saturated rings. The van der Waals surface area contributed by atoms with Crippen molar-refractivity contribution in [3.05, 3.63) is 34.3 Å². The van der Waals surface area contributed by atoms with Crippen LogP contribution in [0.15, 0.2) is 28.7 Å². The third-order valence-electron chi connectivity index (χ3n) is 2.65. The van der Waals surface area contributed by atoms with Crippen molar-refractivity contribution >= 4 is 27.8 Å². The largest absolute Gasteiger partial charge is 0.465 e. The molecule has 1 aromatic carbocycles. The summed E-state index contributed by atoms with van der Waals surface area (Å²) < 4.78 is 0.921. The van der Waals surface area contributed by atoms with Gasteiger partial charge < -0.3 is 10.0 Å². The molecular formula is C11H10BrNO3. The molecule has 4 nitrogen and oxygen atoms in total. The molecule has 1 heterocycles. The molecule has 1 aromatic rings. The maximum atomic E-state index is 11.9. The third kappa shape index (κ3) is 2.09. The van der Waals surface area contributed by atoms with Crippen molar-refractivity contribution in [2.75, 3.05) is 13.1 Å². The lowest BCUT2D eigenvalue weighted by atomic mass is 9.91. The Morgan fingerprint density at radius 1 is 1.25 bits per heavy atom. The van der Waals surface area contributed by atoms with Crippen LogP contribution < -0.4 is 0 Å². The highest BCUT2D eigenvalue weighted by Gasteiger charge is 2.35. The molecule has 5 heteroatoms. The molecule has 16 heavy (non-hydrogen) atoms. The van der Waals surface area contributed by atoms with E-state index in [0.29, 0.717) is 18.7 Å². The number of Topliss-reactive ketones (excluding diaryl/α,β-unsaturated/α-hetero) is 1. The summed E-state index contributed by atoms with van der Waals surface area (Å²) in [6.07, 6.45) is -0.958. The number of carboxylic acid groups (broad SMARTS) is 1. The van der Waals surface area contributed by atoms with Gasteiger partial charge in [-0.05, 0) is 12.1 Å². The van der Waals surface area contributed by atoms with Crippen molar-refractivity contribution in [2.24, 2.45) is 5.92 Å². The Kier molecular flexibility index (Phi) is 2.96. The lowest BCUT2D eigenvalue weighted by Gasteiger charge is -2.35. The molecule has 0 aromatic heterocycles. The molecule has 2 rings (SSSR count). The van der Waals surface area contributed by atoms with Gasteiger partial charge in [0.05, 0.1) is 5.92 Å². The average molecular weight is 284 g/mol. The predicted molar refractivity (Wildman–Crippen MR) is 61.6 cm³/mol. The van der Waals surface area contributed by atoms with Gasteiger partial charge in [0.15, 0.2) is 5.78 Å². The molecule has 0 spiro atoms. The summed E-state index contributed by atoms with van der Waals surface area (Å²) in [6, 6.07) is 7.10. The van der Waals surface area contributed by atoms with Crippen molar-refractivity contribution < 1.29 is 14.7 Å². The van der Waals surface area contributed by atoms with Crippen LogP contribution in [0, 0.1) is 5.92 Å². The number of rotatable bonds is 2. The van der Waals surface area contributed by atoms with E-state index < -0.39 is 6.09 Å². The zero-order valence-corrected chi connectivity index (χ0v) is 9.98. The van der Waals surface area contributed by atoms with Crippen molar-refractivity contribution in [2.45, 2.75) is 0 Å². The minimum absolute atomic E-state index is 0.0185. The SMILES string of the molecule is O=C(c1ccc(Br)cc1)C1CN(C(=O)O)C1. The molecule has 0 aliphatic carbocycles. The monoisotopic (exact) mass is 283 g/mol. The Labute approximate surface area is 101 Å². The first kappa shape index (κ1) is 11.1. The van der Waals surface area contributed by atoms with Gasteiger partial charge in [0.25, 0.3) is 0 Å². The van der Waals surface area contributed by atoms with E-state index in [1.54, 1.807) is 24.3 Å². The fraction of sp³-hybridized carbons (Fsp3) is 0.273. The van der Waals surface area contributed by atoms with E-state index in [2.05, 4.69) is 15.9 Å². The summed E-state index contributed by atoms with van der Waals surface area (Å²) in [6.45, 7) is 0.620. The molecular weight excluding hydrogens is 274 g/mol. The van der Waals surface area contributed by atoms with E-state index in [4.69, 9.17) is 5.11 Å². The van der Waals surface area contributed by atoms with Crippen molar-refractivity contribution in [3.8, 4) is 0 Å². The Bertz CT molecular complexity index is 423. The first-order chi connectivity index (χ1) is 7.58. The molecule has 84 valence electrons. The Hall–Kier alpha value is -1.36. The van der Waals surface area contributed by atoms with Gasteiger partial charge >= 0.3 is 6.09 Å². The number of carbonyl (C=O) groups is 2. The lowest BCUT2D eigenvalue weighted by Crippen LogP contribution is -2.52. The topological polar surface area (TPSA) is 57.6 Å². The number of likely N-dealkylation sites (tertiary alicyclic amines) is 1. The fourth-order valence-corrected chi connectivity index (χ4v) is 1.91. The van der Waals surface area contributed by atoms with Crippen LogP contribution in [0.25, 0.3) is 0 Å². The first-order valence-electron chi connectivity index (χ1n) is 4.85. The van der Waals surface area contributed by atoms with E-state index in [0.717, 1.165) is 4.47 Å². The molecule has 1 saturated heterocycles. The smallest absolute Gasteiger partial charge is 0.407 e. The highest BCUT2D eigenvalue weighted by molar-refractivity contribution is 9.10. The number of hydrogen-bond donors (Lipinski definition) is 1. The van der Waals surface area contributed by atoms with Crippen LogP contribution in [0.4, 0.5) is 4.79 Å². The van der Waals surface area contributed by atoms with E-state index in [-0.39, 0.29) is 11.7 Å². The van der Waals surface area contributed by atoms with Gasteiger partial charge in [-0.2, -0.15) is 0 Å². The van der Waals surface area contributed by atoms with Crippen LogP contribution in [0.5, 0.6) is 0 Å². The van der Waals surface area contributed by atoms with Crippen LogP contribution in [0.2, 0.25) is 0 Å². The molecule has 0 atom stereocenters.